The van der Waals surface area contributed by atoms with E-state index >= 15 is 0 Å². The number of methoxy groups -OCH3 is 2. The summed E-state index contributed by atoms with van der Waals surface area (Å²) < 4.78 is 15.8. The summed E-state index contributed by atoms with van der Waals surface area (Å²) in [5.74, 6) is 0.473. The first-order valence-corrected chi connectivity index (χ1v) is 9.87. The van der Waals surface area contributed by atoms with Gasteiger partial charge in [-0.2, -0.15) is 0 Å². The SMILES string of the molecule is COC(=O)c1ccc(OCC(O)CN(Cc2ccc(C)cc2)C2CC2)c(OC)c1. The van der Waals surface area contributed by atoms with Gasteiger partial charge in [-0.3, -0.25) is 4.90 Å². The average molecular weight is 399 g/mol. The Balaban J connectivity index is 1.57. The van der Waals surface area contributed by atoms with E-state index in [2.05, 4.69) is 36.1 Å². The summed E-state index contributed by atoms with van der Waals surface area (Å²) in [6.07, 6.45) is 1.70. The van der Waals surface area contributed by atoms with Gasteiger partial charge in [-0.25, -0.2) is 4.79 Å². The van der Waals surface area contributed by atoms with Crippen molar-refractivity contribution >= 4 is 5.97 Å². The molecular weight excluding hydrogens is 370 g/mol. The Labute approximate surface area is 172 Å². The largest absolute Gasteiger partial charge is 0.493 e. The minimum absolute atomic E-state index is 0.144. The van der Waals surface area contributed by atoms with Crippen molar-refractivity contribution < 1.29 is 24.1 Å². The molecule has 0 saturated heterocycles. The van der Waals surface area contributed by atoms with Crippen LogP contribution < -0.4 is 9.47 Å². The molecule has 0 heterocycles. The van der Waals surface area contributed by atoms with Gasteiger partial charge in [0.1, 0.15) is 12.7 Å². The fourth-order valence-corrected chi connectivity index (χ4v) is 3.25. The zero-order chi connectivity index (χ0) is 20.8. The van der Waals surface area contributed by atoms with Crippen molar-refractivity contribution in [2.45, 2.75) is 38.5 Å². The highest BCUT2D eigenvalue weighted by Gasteiger charge is 2.30. The molecule has 0 aliphatic heterocycles. The maximum Gasteiger partial charge on any atom is 0.337 e. The van der Waals surface area contributed by atoms with Crippen LogP contribution in [0.25, 0.3) is 0 Å². The van der Waals surface area contributed by atoms with Crippen molar-refractivity contribution in [3.63, 3.8) is 0 Å². The lowest BCUT2D eigenvalue weighted by Gasteiger charge is -2.25. The first kappa shape index (κ1) is 21.1. The number of hydrogen-bond acceptors (Lipinski definition) is 6. The van der Waals surface area contributed by atoms with E-state index in [0.29, 0.717) is 29.6 Å². The molecule has 2 aromatic rings. The Morgan fingerprint density at radius 1 is 1.14 bits per heavy atom. The highest BCUT2D eigenvalue weighted by Crippen LogP contribution is 2.30. The van der Waals surface area contributed by atoms with E-state index in [1.807, 2.05) is 0 Å². The summed E-state index contributed by atoms with van der Waals surface area (Å²) in [5.41, 5.74) is 2.87. The van der Waals surface area contributed by atoms with Crippen LogP contribution in [-0.2, 0) is 11.3 Å². The van der Waals surface area contributed by atoms with Crippen LogP contribution in [0.3, 0.4) is 0 Å². The number of rotatable bonds is 10. The number of aryl methyl sites for hydroxylation is 1. The first-order valence-electron chi connectivity index (χ1n) is 9.87. The molecule has 1 aliphatic rings. The summed E-state index contributed by atoms with van der Waals surface area (Å²) >= 11 is 0. The molecule has 0 radical (unpaired) electrons. The van der Waals surface area contributed by atoms with Gasteiger partial charge in [-0.1, -0.05) is 29.8 Å². The Morgan fingerprint density at radius 3 is 2.48 bits per heavy atom. The second-order valence-electron chi connectivity index (χ2n) is 7.47. The number of nitrogens with zero attached hydrogens (tertiary/aromatic N) is 1. The molecule has 156 valence electrons. The highest BCUT2D eigenvalue weighted by atomic mass is 16.5. The smallest absolute Gasteiger partial charge is 0.337 e. The number of carbonyl (C=O) groups excluding carboxylic acids is 1. The zero-order valence-corrected chi connectivity index (χ0v) is 17.3. The summed E-state index contributed by atoms with van der Waals surface area (Å²) in [4.78, 5) is 14.0. The van der Waals surface area contributed by atoms with Gasteiger partial charge < -0.3 is 19.3 Å². The Hall–Kier alpha value is -2.57. The molecule has 2 aromatic carbocycles. The molecule has 1 aliphatic carbocycles. The van der Waals surface area contributed by atoms with Crippen LogP contribution in [0.2, 0.25) is 0 Å². The number of benzene rings is 2. The number of aliphatic hydroxyl groups excluding tert-OH is 1. The second kappa shape index (κ2) is 9.76. The van der Waals surface area contributed by atoms with Gasteiger partial charge in [0.2, 0.25) is 0 Å². The molecule has 1 unspecified atom stereocenters. The quantitative estimate of drug-likeness (QED) is 0.619. The highest BCUT2D eigenvalue weighted by molar-refractivity contribution is 5.90. The zero-order valence-electron chi connectivity index (χ0n) is 17.3. The van der Waals surface area contributed by atoms with E-state index in [-0.39, 0.29) is 6.61 Å². The molecule has 1 fully saturated rings. The van der Waals surface area contributed by atoms with E-state index in [9.17, 15) is 9.90 Å². The van der Waals surface area contributed by atoms with Gasteiger partial charge in [-0.15, -0.1) is 0 Å². The predicted octanol–water partition coefficient (Wildman–Crippen LogP) is 3.19. The van der Waals surface area contributed by atoms with E-state index in [1.165, 1.54) is 38.2 Å². The van der Waals surface area contributed by atoms with Crippen molar-refractivity contribution in [1.29, 1.82) is 0 Å². The molecule has 1 saturated carbocycles. The fraction of sp³-hybridized carbons (Fsp3) is 0.435. The number of aliphatic hydroxyl groups is 1. The molecule has 0 spiro atoms. The van der Waals surface area contributed by atoms with Crippen molar-refractivity contribution in [3.8, 4) is 11.5 Å². The number of ether oxygens (including phenoxy) is 3. The molecule has 1 atom stereocenters. The van der Waals surface area contributed by atoms with Gasteiger partial charge in [0.15, 0.2) is 11.5 Å². The normalized spacial score (nSPS) is 14.5. The molecule has 6 nitrogen and oxygen atoms in total. The van der Waals surface area contributed by atoms with Crippen molar-refractivity contribution in [2.75, 3.05) is 27.4 Å². The van der Waals surface area contributed by atoms with Gasteiger partial charge >= 0.3 is 5.97 Å². The standard InChI is InChI=1S/C23H29NO5/c1-16-4-6-17(7-5-16)13-24(19-9-10-19)14-20(25)15-29-21-11-8-18(23(26)28-3)12-22(21)27-2/h4-8,11-12,19-20,25H,9-10,13-15H2,1-3H3. The van der Waals surface area contributed by atoms with Crippen LogP contribution >= 0.6 is 0 Å². The van der Waals surface area contributed by atoms with Gasteiger partial charge in [0.05, 0.1) is 19.8 Å². The average Bonchev–Trinajstić information content (AvgIpc) is 3.58. The maximum atomic E-state index is 11.7. The number of carbonyl (C=O) groups is 1. The van der Waals surface area contributed by atoms with Gasteiger partial charge in [0.25, 0.3) is 0 Å². The van der Waals surface area contributed by atoms with Gasteiger partial charge in [-0.05, 0) is 43.5 Å². The van der Waals surface area contributed by atoms with Gasteiger partial charge in [0, 0.05) is 19.1 Å². The monoisotopic (exact) mass is 399 g/mol. The third-order valence-electron chi connectivity index (χ3n) is 5.03. The summed E-state index contributed by atoms with van der Waals surface area (Å²) in [6, 6.07) is 13.9. The van der Waals surface area contributed by atoms with E-state index in [4.69, 9.17) is 14.2 Å². The second-order valence-corrected chi connectivity index (χ2v) is 7.47. The lowest BCUT2D eigenvalue weighted by atomic mass is 10.1. The van der Waals surface area contributed by atoms with Crippen LogP contribution in [0.5, 0.6) is 11.5 Å². The van der Waals surface area contributed by atoms with Crippen molar-refractivity contribution in [2.24, 2.45) is 0 Å². The van der Waals surface area contributed by atoms with E-state index < -0.39 is 12.1 Å². The third-order valence-corrected chi connectivity index (χ3v) is 5.03. The van der Waals surface area contributed by atoms with Crippen LogP contribution in [0.1, 0.15) is 34.3 Å². The Bertz CT molecular complexity index is 817. The lowest BCUT2D eigenvalue weighted by molar-refractivity contribution is 0.0594. The topological polar surface area (TPSA) is 68.2 Å². The first-order chi connectivity index (χ1) is 14.0. The molecule has 3 rings (SSSR count). The fourth-order valence-electron chi connectivity index (χ4n) is 3.25. The third kappa shape index (κ3) is 5.95. The molecule has 0 amide bonds. The maximum absolute atomic E-state index is 11.7. The molecule has 0 bridgehead atoms. The minimum atomic E-state index is -0.633. The van der Waals surface area contributed by atoms with Crippen molar-refractivity contribution in [3.05, 3.63) is 59.2 Å². The van der Waals surface area contributed by atoms with Crippen LogP contribution in [0.15, 0.2) is 42.5 Å². The van der Waals surface area contributed by atoms with Crippen LogP contribution in [0, 0.1) is 6.92 Å². The molecule has 29 heavy (non-hydrogen) atoms. The lowest BCUT2D eigenvalue weighted by Crippen LogP contribution is -2.36. The number of hydrogen-bond donors (Lipinski definition) is 1. The minimum Gasteiger partial charge on any atom is -0.493 e. The molecule has 1 N–H and O–H groups in total. The van der Waals surface area contributed by atoms with E-state index in [0.717, 1.165) is 6.54 Å². The Kier molecular flexibility index (Phi) is 7.12. The molecular formula is C23H29NO5. The summed E-state index contributed by atoms with van der Waals surface area (Å²) in [7, 11) is 2.84. The summed E-state index contributed by atoms with van der Waals surface area (Å²) in [5, 5.41) is 10.5. The van der Waals surface area contributed by atoms with Crippen LogP contribution in [-0.4, -0.2) is 55.5 Å². The Morgan fingerprint density at radius 2 is 1.86 bits per heavy atom. The summed E-state index contributed by atoms with van der Waals surface area (Å²) in [6.45, 7) is 3.58. The molecule has 6 heteroatoms. The van der Waals surface area contributed by atoms with E-state index in [1.54, 1.807) is 18.2 Å². The predicted molar refractivity (Wildman–Crippen MR) is 110 cm³/mol. The van der Waals surface area contributed by atoms with Crippen LogP contribution in [0.4, 0.5) is 0 Å². The van der Waals surface area contributed by atoms with Crippen molar-refractivity contribution in [1.82, 2.24) is 4.90 Å². The number of esters is 1. The molecule has 0 aromatic heterocycles.